The minimum atomic E-state index is -0.618. The van der Waals surface area contributed by atoms with Crippen LogP contribution in [0.3, 0.4) is 0 Å². The Morgan fingerprint density at radius 1 is 1.21 bits per heavy atom. The first-order valence-corrected chi connectivity index (χ1v) is 8.92. The van der Waals surface area contributed by atoms with Crippen LogP contribution in [0.15, 0.2) is 18.2 Å². The number of hydrogen-bond donors (Lipinski definition) is 1. The Kier molecular flexibility index (Phi) is 7.29. The van der Waals surface area contributed by atoms with Crippen molar-refractivity contribution < 1.29 is 33.4 Å². The summed E-state index contributed by atoms with van der Waals surface area (Å²) < 4.78 is 9.55. The van der Waals surface area contributed by atoms with Gasteiger partial charge in [0.2, 0.25) is 5.91 Å². The Morgan fingerprint density at radius 2 is 1.93 bits per heavy atom. The van der Waals surface area contributed by atoms with Crippen LogP contribution in [-0.4, -0.2) is 73.4 Å². The van der Waals surface area contributed by atoms with E-state index in [2.05, 4.69) is 10.1 Å². The molecule has 1 aromatic rings. The van der Waals surface area contributed by atoms with Gasteiger partial charge in [0.15, 0.2) is 6.61 Å². The number of anilines is 1. The van der Waals surface area contributed by atoms with Gasteiger partial charge < -0.3 is 19.7 Å². The van der Waals surface area contributed by atoms with Crippen LogP contribution in [0.4, 0.5) is 10.5 Å². The normalized spacial score (nSPS) is 13.5. The van der Waals surface area contributed by atoms with Crippen molar-refractivity contribution in [3.8, 4) is 0 Å². The van der Waals surface area contributed by atoms with Gasteiger partial charge in [0.1, 0.15) is 6.54 Å². The summed E-state index contributed by atoms with van der Waals surface area (Å²) in [5, 5.41) is 2.58. The van der Waals surface area contributed by atoms with Gasteiger partial charge in [-0.15, -0.1) is 0 Å². The third kappa shape index (κ3) is 5.77. The van der Waals surface area contributed by atoms with Gasteiger partial charge >= 0.3 is 18.0 Å². The number of esters is 2. The number of carbonyl (C=O) groups is 5. The van der Waals surface area contributed by atoms with E-state index < -0.39 is 30.5 Å². The molecule has 1 N–H and O–H groups in total. The molecule has 1 aromatic carbocycles. The van der Waals surface area contributed by atoms with Gasteiger partial charge in [-0.3, -0.25) is 19.3 Å². The minimum absolute atomic E-state index is 0.0278. The predicted molar refractivity (Wildman–Crippen MR) is 101 cm³/mol. The van der Waals surface area contributed by atoms with E-state index in [4.69, 9.17) is 4.74 Å². The zero-order chi connectivity index (χ0) is 21.6. The monoisotopic (exact) mass is 405 g/mol. The molecule has 1 aliphatic rings. The Labute approximate surface area is 167 Å². The average molecular weight is 405 g/mol. The molecule has 1 fully saturated rings. The zero-order valence-electron chi connectivity index (χ0n) is 16.5. The van der Waals surface area contributed by atoms with Crippen molar-refractivity contribution >= 4 is 35.5 Å². The highest BCUT2D eigenvalue weighted by atomic mass is 16.5. The first-order chi connectivity index (χ1) is 13.7. The number of likely N-dealkylation sites (N-methyl/N-ethyl adjacent to an activating group) is 1. The number of carbonyl (C=O) groups excluding carboxylic acids is 5. The Bertz CT molecular complexity index is 837. The van der Waals surface area contributed by atoms with E-state index in [-0.39, 0.29) is 37.4 Å². The molecule has 0 saturated carbocycles. The standard InChI is InChI=1S/C19H23N3O7/c1-12-6-7-13(18(26)28-3)9-14(12)20-15(23)11-29-17(25)5-4-8-22-16(24)10-21(2)19(22)27/h6-7,9H,4-5,8,10-11H2,1-3H3,(H,20,23). The molecule has 0 unspecified atom stereocenters. The number of imide groups is 1. The van der Waals surface area contributed by atoms with Gasteiger partial charge in [-0.25, -0.2) is 9.59 Å². The SMILES string of the molecule is COC(=O)c1ccc(C)c(NC(=O)COC(=O)CCCN2C(=O)CN(C)C2=O)c1. The van der Waals surface area contributed by atoms with Gasteiger partial charge in [-0.1, -0.05) is 6.07 Å². The van der Waals surface area contributed by atoms with Crippen LogP contribution < -0.4 is 5.32 Å². The van der Waals surface area contributed by atoms with Crippen LogP contribution in [0.2, 0.25) is 0 Å². The van der Waals surface area contributed by atoms with Gasteiger partial charge in [0, 0.05) is 25.7 Å². The third-order valence-corrected chi connectivity index (χ3v) is 4.29. The van der Waals surface area contributed by atoms with Crippen molar-refractivity contribution in [1.82, 2.24) is 9.80 Å². The van der Waals surface area contributed by atoms with Crippen LogP contribution in [0, 0.1) is 6.92 Å². The fourth-order valence-electron chi connectivity index (χ4n) is 2.68. The lowest BCUT2D eigenvalue weighted by Gasteiger charge is -2.13. The maximum atomic E-state index is 12.0. The molecule has 1 saturated heterocycles. The Balaban J connectivity index is 1.76. The highest BCUT2D eigenvalue weighted by molar-refractivity contribution is 6.01. The molecule has 4 amide bonds. The third-order valence-electron chi connectivity index (χ3n) is 4.29. The van der Waals surface area contributed by atoms with E-state index in [0.717, 1.165) is 10.5 Å². The van der Waals surface area contributed by atoms with Gasteiger partial charge in [0.05, 0.1) is 12.7 Å². The molecule has 2 rings (SSSR count). The smallest absolute Gasteiger partial charge is 0.337 e. The molecule has 0 spiro atoms. The van der Waals surface area contributed by atoms with Crippen molar-refractivity contribution in [2.75, 3.05) is 39.2 Å². The second-order valence-corrected chi connectivity index (χ2v) is 6.52. The quantitative estimate of drug-likeness (QED) is 0.504. The summed E-state index contributed by atoms with van der Waals surface area (Å²) >= 11 is 0. The van der Waals surface area contributed by atoms with Crippen LogP contribution >= 0.6 is 0 Å². The number of methoxy groups -OCH3 is 1. The number of benzene rings is 1. The molecule has 29 heavy (non-hydrogen) atoms. The average Bonchev–Trinajstić information content (AvgIpc) is 2.93. The molecule has 156 valence electrons. The zero-order valence-corrected chi connectivity index (χ0v) is 16.5. The first kappa shape index (κ1) is 21.9. The number of hydrogen-bond acceptors (Lipinski definition) is 7. The van der Waals surface area contributed by atoms with Crippen molar-refractivity contribution in [2.45, 2.75) is 19.8 Å². The molecule has 10 heteroatoms. The number of urea groups is 1. The molecular weight excluding hydrogens is 382 g/mol. The van der Waals surface area contributed by atoms with Gasteiger partial charge in [-0.2, -0.15) is 0 Å². The lowest BCUT2D eigenvalue weighted by Crippen LogP contribution is -2.32. The highest BCUT2D eigenvalue weighted by Gasteiger charge is 2.32. The van der Waals surface area contributed by atoms with Crippen molar-refractivity contribution in [3.05, 3.63) is 29.3 Å². The highest BCUT2D eigenvalue weighted by Crippen LogP contribution is 2.17. The molecule has 1 aliphatic heterocycles. The maximum absolute atomic E-state index is 12.0. The van der Waals surface area contributed by atoms with E-state index in [0.29, 0.717) is 5.69 Å². The number of aryl methyl sites for hydroxylation is 1. The Hall–Kier alpha value is -3.43. The van der Waals surface area contributed by atoms with Crippen molar-refractivity contribution in [3.63, 3.8) is 0 Å². The molecular formula is C19H23N3O7. The van der Waals surface area contributed by atoms with Crippen LogP contribution in [0.1, 0.15) is 28.8 Å². The maximum Gasteiger partial charge on any atom is 0.337 e. The number of ether oxygens (including phenoxy) is 2. The van der Waals surface area contributed by atoms with E-state index in [9.17, 15) is 24.0 Å². The largest absolute Gasteiger partial charge is 0.465 e. The van der Waals surface area contributed by atoms with E-state index in [1.54, 1.807) is 19.1 Å². The molecule has 1 heterocycles. The summed E-state index contributed by atoms with van der Waals surface area (Å²) in [7, 11) is 2.78. The molecule has 0 bridgehead atoms. The van der Waals surface area contributed by atoms with E-state index in [1.165, 1.54) is 25.1 Å². The fourth-order valence-corrected chi connectivity index (χ4v) is 2.68. The summed E-state index contributed by atoms with van der Waals surface area (Å²) in [4.78, 5) is 61.1. The molecule has 0 atom stereocenters. The summed E-state index contributed by atoms with van der Waals surface area (Å²) in [6.07, 6.45) is 0.205. The molecule has 0 radical (unpaired) electrons. The summed E-state index contributed by atoms with van der Waals surface area (Å²) in [5.74, 6) is -2.02. The number of nitrogens with zero attached hydrogens (tertiary/aromatic N) is 2. The van der Waals surface area contributed by atoms with Crippen LogP contribution in [-0.2, 0) is 23.9 Å². The van der Waals surface area contributed by atoms with E-state index >= 15 is 0 Å². The minimum Gasteiger partial charge on any atom is -0.465 e. The number of amides is 4. The van der Waals surface area contributed by atoms with Gasteiger partial charge in [0.25, 0.3) is 5.91 Å². The molecule has 0 aliphatic carbocycles. The lowest BCUT2D eigenvalue weighted by molar-refractivity contribution is -0.147. The van der Waals surface area contributed by atoms with Gasteiger partial charge in [-0.05, 0) is 31.0 Å². The summed E-state index contributed by atoms with van der Waals surface area (Å²) in [6.45, 7) is 1.40. The van der Waals surface area contributed by atoms with E-state index in [1.807, 2.05) is 0 Å². The second-order valence-electron chi connectivity index (χ2n) is 6.52. The Morgan fingerprint density at radius 3 is 2.55 bits per heavy atom. The number of rotatable bonds is 8. The fraction of sp³-hybridized carbons (Fsp3) is 0.421. The number of nitrogens with one attached hydrogen (secondary N) is 1. The lowest BCUT2D eigenvalue weighted by atomic mass is 10.1. The summed E-state index contributed by atoms with van der Waals surface area (Å²) in [6, 6.07) is 4.31. The van der Waals surface area contributed by atoms with Crippen molar-refractivity contribution in [1.29, 1.82) is 0 Å². The van der Waals surface area contributed by atoms with Crippen molar-refractivity contribution in [2.24, 2.45) is 0 Å². The second kappa shape index (κ2) is 9.67. The summed E-state index contributed by atoms with van der Waals surface area (Å²) in [5.41, 5.74) is 1.41. The molecule has 0 aromatic heterocycles. The topological polar surface area (TPSA) is 122 Å². The van der Waals surface area contributed by atoms with Crippen LogP contribution in [0.5, 0.6) is 0 Å². The predicted octanol–water partition coefficient (Wildman–Crippen LogP) is 0.938. The first-order valence-electron chi connectivity index (χ1n) is 8.92. The molecule has 10 nitrogen and oxygen atoms in total. The van der Waals surface area contributed by atoms with Crippen LogP contribution in [0.25, 0.3) is 0 Å².